The van der Waals surface area contributed by atoms with Crippen molar-refractivity contribution in [2.75, 3.05) is 31.0 Å². The minimum absolute atomic E-state index is 0.0569. The molecule has 0 aliphatic rings. The number of aromatic hydroxyl groups is 1. The van der Waals surface area contributed by atoms with Crippen LogP contribution in [0.4, 0.5) is 10.1 Å². The van der Waals surface area contributed by atoms with Gasteiger partial charge in [0.1, 0.15) is 12.4 Å². The number of aliphatic hydroxyl groups is 1. The van der Waals surface area contributed by atoms with E-state index in [1.165, 1.54) is 49.5 Å². The summed E-state index contributed by atoms with van der Waals surface area (Å²) in [5, 5.41) is 32.2. The summed E-state index contributed by atoms with van der Waals surface area (Å²) in [5.41, 5.74) is 1.93. The summed E-state index contributed by atoms with van der Waals surface area (Å²) >= 11 is -2.33. The Kier molecular flexibility index (Phi) is 8.77. The molecule has 0 aromatic heterocycles. The Labute approximate surface area is 203 Å². The summed E-state index contributed by atoms with van der Waals surface area (Å²) < 4.78 is 41.3. The highest BCUT2D eigenvalue weighted by atomic mass is 32.2. The van der Waals surface area contributed by atoms with Crippen LogP contribution in [0.25, 0.3) is 11.1 Å². The zero-order chi connectivity index (χ0) is 25.5. The normalized spacial score (nSPS) is 12.7. The van der Waals surface area contributed by atoms with Crippen molar-refractivity contribution in [3.8, 4) is 22.6 Å². The molecule has 5 N–H and O–H groups in total. The topological polar surface area (TPSA) is 140 Å². The van der Waals surface area contributed by atoms with Crippen LogP contribution in [0.1, 0.15) is 22.0 Å². The van der Waals surface area contributed by atoms with Gasteiger partial charge >= 0.3 is 5.97 Å². The molecule has 3 aromatic rings. The molecule has 0 radical (unpaired) electrons. The fourth-order valence-electron chi connectivity index (χ4n) is 3.28. The molecule has 0 fully saturated rings. The van der Waals surface area contributed by atoms with Crippen LogP contribution in [-0.4, -0.2) is 56.8 Å². The van der Waals surface area contributed by atoms with E-state index in [1.54, 1.807) is 18.2 Å². The Morgan fingerprint density at radius 2 is 1.80 bits per heavy atom. The van der Waals surface area contributed by atoms with Crippen LogP contribution in [0.15, 0.2) is 60.7 Å². The molecule has 3 rings (SSSR count). The first-order chi connectivity index (χ1) is 16.7. The molecule has 0 spiro atoms. The van der Waals surface area contributed by atoms with Crippen molar-refractivity contribution in [2.45, 2.75) is 6.10 Å². The van der Waals surface area contributed by atoms with E-state index in [0.29, 0.717) is 23.2 Å². The van der Waals surface area contributed by atoms with Crippen LogP contribution in [0.3, 0.4) is 0 Å². The summed E-state index contributed by atoms with van der Waals surface area (Å²) in [6, 6.07) is 14.8. The SMILES string of the molecule is CN(c1cc(C(O)CNCCOc2ccc(-c3ccc(C(=O)O)cc3)cc2F)ccc1O)S(=O)O. The van der Waals surface area contributed by atoms with E-state index in [0.717, 1.165) is 4.31 Å². The number of carbonyl (C=O) groups is 1. The molecule has 0 saturated heterocycles. The molecule has 11 heteroatoms. The number of hydrogen-bond donors (Lipinski definition) is 5. The second-order valence-electron chi connectivity index (χ2n) is 7.57. The molecule has 0 amide bonds. The first-order valence-electron chi connectivity index (χ1n) is 10.5. The largest absolute Gasteiger partial charge is 0.506 e. The van der Waals surface area contributed by atoms with Gasteiger partial charge in [0, 0.05) is 20.1 Å². The van der Waals surface area contributed by atoms with E-state index in [1.807, 2.05) is 0 Å². The number of phenols is 1. The van der Waals surface area contributed by atoms with Crippen LogP contribution < -0.4 is 14.4 Å². The molecule has 35 heavy (non-hydrogen) atoms. The van der Waals surface area contributed by atoms with Gasteiger partial charge in [0.05, 0.1) is 17.4 Å². The average molecular weight is 505 g/mol. The lowest BCUT2D eigenvalue weighted by Gasteiger charge is -2.18. The number of carboxylic acid groups (broad SMARTS) is 1. The van der Waals surface area contributed by atoms with Gasteiger partial charge in [-0.25, -0.2) is 13.4 Å². The van der Waals surface area contributed by atoms with Gasteiger partial charge in [-0.15, -0.1) is 0 Å². The van der Waals surface area contributed by atoms with Crippen LogP contribution in [0.2, 0.25) is 0 Å². The molecular weight excluding hydrogens is 479 g/mol. The summed E-state index contributed by atoms with van der Waals surface area (Å²) in [6.07, 6.45) is -0.960. The number of nitrogens with one attached hydrogen (secondary N) is 1. The van der Waals surface area contributed by atoms with Gasteiger partial charge in [0.25, 0.3) is 11.3 Å². The molecule has 0 aliphatic carbocycles. The molecule has 2 atom stereocenters. The molecule has 0 aliphatic heterocycles. The first-order valence-corrected chi connectivity index (χ1v) is 11.6. The molecule has 9 nitrogen and oxygen atoms in total. The fourth-order valence-corrected chi connectivity index (χ4v) is 3.59. The zero-order valence-corrected chi connectivity index (χ0v) is 19.5. The van der Waals surface area contributed by atoms with E-state index in [-0.39, 0.29) is 35.9 Å². The second-order valence-corrected chi connectivity index (χ2v) is 8.58. The minimum Gasteiger partial charge on any atom is -0.506 e. The minimum atomic E-state index is -2.33. The Balaban J connectivity index is 1.50. The number of anilines is 1. The maximum atomic E-state index is 14.5. The lowest BCUT2D eigenvalue weighted by molar-refractivity contribution is 0.0697. The third-order valence-electron chi connectivity index (χ3n) is 5.23. The van der Waals surface area contributed by atoms with Gasteiger partial charge in [-0.2, -0.15) is 0 Å². The highest BCUT2D eigenvalue weighted by Crippen LogP contribution is 2.30. The summed E-state index contributed by atoms with van der Waals surface area (Å²) in [7, 11) is 1.33. The van der Waals surface area contributed by atoms with Crippen LogP contribution in [0, 0.1) is 5.82 Å². The fraction of sp³-hybridized carbons (Fsp3) is 0.208. The first kappa shape index (κ1) is 26.1. The van der Waals surface area contributed by atoms with Crippen molar-refractivity contribution in [1.29, 1.82) is 0 Å². The lowest BCUT2D eigenvalue weighted by atomic mass is 10.0. The van der Waals surface area contributed by atoms with Crippen molar-refractivity contribution in [2.24, 2.45) is 0 Å². The molecule has 0 saturated carbocycles. The average Bonchev–Trinajstić information content (AvgIpc) is 2.84. The van der Waals surface area contributed by atoms with E-state index < -0.39 is 29.2 Å². The third-order valence-corrected chi connectivity index (χ3v) is 5.89. The van der Waals surface area contributed by atoms with E-state index >= 15 is 0 Å². The highest BCUT2D eigenvalue weighted by Gasteiger charge is 2.15. The molecular formula is C24H25FN2O7S. The Bertz CT molecular complexity index is 1210. The van der Waals surface area contributed by atoms with Crippen LogP contribution >= 0.6 is 0 Å². The number of phenolic OH excluding ortho intramolecular Hbond substituents is 1. The molecule has 3 aromatic carbocycles. The summed E-state index contributed by atoms with van der Waals surface area (Å²) in [5.74, 6) is -1.74. The molecule has 0 bridgehead atoms. The second kappa shape index (κ2) is 11.8. The van der Waals surface area contributed by atoms with Crippen molar-refractivity contribution >= 4 is 22.9 Å². The number of carboxylic acids is 1. The third kappa shape index (κ3) is 6.76. The van der Waals surface area contributed by atoms with Crippen molar-refractivity contribution in [3.63, 3.8) is 0 Å². The number of rotatable bonds is 11. The van der Waals surface area contributed by atoms with Gasteiger partial charge < -0.3 is 25.4 Å². The Morgan fingerprint density at radius 3 is 2.43 bits per heavy atom. The van der Waals surface area contributed by atoms with Crippen LogP contribution in [-0.2, 0) is 11.3 Å². The van der Waals surface area contributed by atoms with Gasteiger partial charge in [0.15, 0.2) is 11.6 Å². The van der Waals surface area contributed by atoms with Crippen LogP contribution in [0.5, 0.6) is 11.5 Å². The van der Waals surface area contributed by atoms with Gasteiger partial charge in [-0.3, -0.25) is 8.86 Å². The highest BCUT2D eigenvalue weighted by molar-refractivity contribution is 7.80. The number of halogens is 1. The Morgan fingerprint density at radius 1 is 1.11 bits per heavy atom. The zero-order valence-electron chi connectivity index (χ0n) is 18.7. The smallest absolute Gasteiger partial charge is 0.335 e. The monoisotopic (exact) mass is 504 g/mol. The predicted molar refractivity (Wildman–Crippen MR) is 129 cm³/mol. The van der Waals surface area contributed by atoms with Crippen molar-refractivity contribution < 1.29 is 38.0 Å². The van der Waals surface area contributed by atoms with E-state index in [4.69, 9.17) is 9.84 Å². The number of aromatic carboxylic acids is 1. The summed E-state index contributed by atoms with van der Waals surface area (Å²) in [6.45, 7) is 0.566. The maximum Gasteiger partial charge on any atom is 0.335 e. The molecule has 186 valence electrons. The number of aliphatic hydroxyl groups excluding tert-OH is 1. The number of nitrogens with zero attached hydrogens (tertiary/aromatic N) is 1. The standard InChI is InChI=1S/C24H25FN2O7S/c1-27(35(32)33)20-13-18(6-8-21(20)28)22(29)14-26-10-11-34-23-9-7-17(12-19(23)25)15-2-4-16(5-3-15)24(30)31/h2-9,12-13,22,26,28-29H,10-11,14H2,1H3,(H,30,31)(H,32,33). The number of ether oxygens (including phenoxy) is 1. The van der Waals surface area contributed by atoms with E-state index in [2.05, 4.69) is 5.32 Å². The maximum absolute atomic E-state index is 14.5. The molecule has 2 unspecified atom stereocenters. The Hall–Kier alpha value is -3.51. The van der Waals surface area contributed by atoms with E-state index in [9.17, 15) is 28.2 Å². The molecule has 0 heterocycles. The van der Waals surface area contributed by atoms with Gasteiger partial charge in [-0.05, 0) is 53.1 Å². The summed E-state index contributed by atoms with van der Waals surface area (Å²) in [4.78, 5) is 11.0. The number of benzene rings is 3. The quantitative estimate of drug-likeness (QED) is 0.198. The van der Waals surface area contributed by atoms with Crippen molar-refractivity contribution in [3.05, 3.63) is 77.6 Å². The predicted octanol–water partition coefficient (Wildman–Crippen LogP) is 3.17. The van der Waals surface area contributed by atoms with Gasteiger partial charge in [0.2, 0.25) is 0 Å². The lowest BCUT2D eigenvalue weighted by Crippen LogP contribution is -2.26. The number of hydrogen-bond acceptors (Lipinski definition) is 6. The van der Waals surface area contributed by atoms with Gasteiger partial charge in [-0.1, -0.05) is 24.3 Å². The van der Waals surface area contributed by atoms with Crippen molar-refractivity contribution in [1.82, 2.24) is 5.32 Å².